The zero-order valence-electron chi connectivity index (χ0n) is 9.55. The molecule has 1 fully saturated rings. The predicted octanol–water partition coefficient (Wildman–Crippen LogP) is 1.24. The molecule has 1 atom stereocenters. The molecule has 3 heteroatoms. The molecular weight excluding hydrogens is 176 g/mol. The zero-order chi connectivity index (χ0) is 10.6. The van der Waals surface area contributed by atoms with Crippen molar-refractivity contribution in [3.63, 3.8) is 0 Å². The summed E-state index contributed by atoms with van der Waals surface area (Å²) in [6.07, 6.45) is 2.46. The van der Waals surface area contributed by atoms with Gasteiger partial charge in [0.1, 0.15) is 0 Å². The van der Waals surface area contributed by atoms with Gasteiger partial charge in [-0.1, -0.05) is 13.8 Å². The lowest BCUT2D eigenvalue weighted by molar-refractivity contribution is -0.129. The highest BCUT2D eigenvalue weighted by Gasteiger charge is 2.19. The van der Waals surface area contributed by atoms with Crippen LogP contribution in [-0.4, -0.2) is 36.5 Å². The Balaban J connectivity index is 2.37. The van der Waals surface area contributed by atoms with E-state index in [-0.39, 0.29) is 5.91 Å². The van der Waals surface area contributed by atoms with E-state index in [0.29, 0.717) is 12.0 Å². The maximum absolute atomic E-state index is 11.4. The number of amides is 1. The Morgan fingerprint density at radius 2 is 2.29 bits per heavy atom. The van der Waals surface area contributed by atoms with Crippen molar-refractivity contribution in [2.24, 2.45) is 5.92 Å². The normalized spacial score (nSPS) is 21.6. The molecule has 0 aromatic carbocycles. The molecule has 0 saturated carbocycles. The van der Waals surface area contributed by atoms with Crippen LogP contribution in [0.5, 0.6) is 0 Å². The Hall–Kier alpha value is -0.570. The molecule has 1 N–H and O–H groups in total. The average Bonchev–Trinajstić information content (AvgIpc) is 2.54. The van der Waals surface area contributed by atoms with Crippen LogP contribution in [-0.2, 0) is 4.79 Å². The summed E-state index contributed by atoms with van der Waals surface area (Å²) in [5.74, 6) is 0.757. The van der Waals surface area contributed by atoms with Gasteiger partial charge in [-0.25, -0.2) is 0 Å². The molecule has 1 aliphatic heterocycles. The third-order valence-corrected chi connectivity index (χ3v) is 2.63. The summed E-state index contributed by atoms with van der Waals surface area (Å²) in [5.41, 5.74) is 0. The monoisotopic (exact) mass is 198 g/mol. The number of hydrogen-bond acceptors (Lipinski definition) is 2. The van der Waals surface area contributed by atoms with Gasteiger partial charge >= 0.3 is 0 Å². The molecule has 1 aliphatic rings. The molecule has 82 valence electrons. The number of carbonyl (C=O) groups is 1. The topological polar surface area (TPSA) is 32.3 Å². The second-order valence-corrected chi connectivity index (χ2v) is 4.61. The summed E-state index contributed by atoms with van der Waals surface area (Å²) < 4.78 is 0. The first kappa shape index (κ1) is 11.5. The van der Waals surface area contributed by atoms with Crippen molar-refractivity contribution in [2.45, 2.75) is 39.7 Å². The van der Waals surface area contributed by atoms with Crippen LogP contribution in [0.1, 0.15) is 33.6 Å². The van der Waals surface area contributed by atoms with E-state index in [9.17, 15) is 4.79 Å². The van der Waals surface area contributed by atoms with Gasteiger partial charge in [0.05, 0.1) is 0 Å². The van der Waals surface area contributed by atoms with Gasteiger partial charge in [-0.3, -0.25) is 4.79 Å². The first-order valence-corrected chi connectivity index (χ1v) is 5.58. The van der Waals surface area contributed by atoms with E-state index in [1.807, 2.05) is 4.90 Å². The summed E-state index contributed by atoms with van der Waals surface area (Å²) in [6.45, 7) is 8.84. The predicted molar refractivity (Wildman–Crippen MR) is 58.1 cm³/mol. The fraction of sp³-hybridized carbons (Fsp3) is 0.909. The Bertz CT molecular complexity index is 186. The molecule has 0 radical (unpaired) electrons. The second kappa shape index (κ2) is 5.35. The van der Waals surface area contributed by atoms with Gasteiger partial charge in [0.15, 0.2) is 0 Å². The summed E-state index contributed by atoms with van der Waals surface area (Å²) in [4.78, 5) is 13.3. The van der Waals surface area contributed by atoms with E-state index >= 15 is 0 Å². The largest absolute Gasteiger partial charge is 0.341 e. The first-order chi connectivity index (χ1) is 6.59. The van der Waals surface area contributed by atoms with E-state index in [0.717, 1.165) is 19.6 Å². The maximum atomic E-state index is 11.4. The highest BCUT2D eigenvalue weighted by molar-refractivity contribution is 5.73. The minimum atomic E-state index is 0.201. The van der Waals surface area contributed by atoms with Gasteiger partial charge in [0, 0.05) is 26.1 Å². The molecule has 1 amide bonds. The van der Waals surface area contributed by atoms with Crippen molar-refractivity contribution in [3.8, 4) is 0 Å². The van der Waals surface area contributed by atoms with Crippen molar-refractivity contribution in [2.75, 3.05) is 19.6 Å². The van der Waals surface area contributed by atoms with Crippen LogP contribution >= 0.6 is 0 Å². The minimum Gasteiger partial charge on any atom is -0.341 e. The molecular formula is C11H22N2O. The van der Waals surface area contributed by atoms with Gasteiger partial charge in [-0.2, -0.15) is 0 Å². The Labute approximate surface area is 86.9 Å². The summed E-state index contributed by atoms with van der Waals surface area (Å²) in [5, 5.41) is 3.42. The van der Waals surface area contributed by atoms with Crippen LogP contribution in [0, 0.1) is 5.92 Å². The van der Waals surface area contributed by atoms with Crippen LogP contribution in [0.3, 0.4) is 0 Å². The van der Waals surface area contributed by atoms with Crippen molar-refractivity contribution in [1.29, 1.82) is 0 Å². The molecule has 3 nitrogen and oxygen atoms in total. The van der Waals surface area contributed by atoms with Crippen molar-refractivity contribution >= 4 is 5.91 Å². The van der Waals surface area contributed by atoms with E-state index in [4.69, 9.17) is 0 Å². The summed E-state index contributed by atoms with van der Waals surface area (Å²) >= 11 is 0. The standard InChI is InChI=1S/C11H22N2O/c1-9(2)7-13(10(3)14)8-11-5-4-6-12-11/h9,11-12H,4-8H2,1-3H3. The van der Waals surface area contributed by atoms with Gasteiger partial charge in [0.25, 0.3) is 0 Å². The van der Waals surface area contributed by atoms with E-state index in [1.165, 1.54) is 12.8 Å². The van der Waals surface area contributed by atoms with Crippen molar-refractivity contribution < 1.29 is 4.79 Å². The zero-order valence-corrected chi connectivity index (χ0v) is 9.55. The van der Waals surface area contributed by atoms with Crippen LogP contribution in [0.15, 0.2) is 0 Å². The minimum absolute atomic E-state index is 0.201. The maximum Gasteiger partial charge on any atom is 0.219 e. The molecule has 1 heterocycles. The number of hydrogen-bond donors (Lipinski definition) is 1. The summed E-state index contributed by atoms with van der Waals surface area (Å²) in [6, 6.07) is 0.526. The van der Waals surface area contributed by atoms with Gasteiger partial charge < -0.3 is 10.2 Å². The SMILES string of the molecule is CC(=O)N(CC(C)C)CC1CCCN1. The quantitative estimate of drug-likeness (QED) is 0.737. The number of nitrogens with zero attached hydrogens (tertiary/aromatic N) is 1. The van der Waals surface area contributed by atoms with Crippen LogP contribution < -0.4 is 5.32 Å². The Morgan fingerprint density at radius 1 is 1.57 bits per heavy atom. The van der Waals surface area contributed by atoms with Crippen LogP contribution in [0.2, 0.25) is 0 Å². The molecule has 0 bridgehead atoms. The second-order valence-electron chi connectivity index (χ2n) is 4.61. The highest BCUT2D eigenvalue weighted by atomic mass is 16.2. The van der Waals surface area contributed by atoms with Gasteiger partial charge in [0.2, 0.25) is 5.91 Å². The van der Waals surface area contributed by atoms with Crippen molar-refractivity contribution in [3.05, 3.63) is 0 Å². The van der Waals surface area contributed by atoms with E-state index < -0.39 is 0 Å². The molecule has 14 heavy (non-hydrogen) atoms. The molecule has 1 saturated heterocycles. The molecule has 0 aromatic rings. The molecule has 0 aliphatic carbocycles. The van der Waals surface area contributed by atoms with Gasteiger partial charge in [-0.15, -0.1) is 0 Å². The first-order valence-electron chi connectivity index (χ1n) is 5.58. The smallest absolute Gasteiger partial charge is 0.219 e. The lowest BCUT2D eigenvalue weighted by Crippen LogP contribution is -2.41. The third-order valence-electron chi connectivity index (χ3n) is 2.63. The molecule has 0 aromatic heterocycles. The highest BCUT2D eigenvalue weighted by Crippen LogP contribution is 2.08. The number of nitrogens with one attached hydrogen (secondary N) is 1. The van der Waals surface area contributed by atoms with E-state index in [1.54, 1.807) is 6.92 Å². The van der Waals surface area contributed by atoms with Crippen LogP contribution in [0.25, 0.3) is 0 Å². The molecule has 1 unspecified atom stereocenters. The fourth-order valence-electron chi connectivity index (χ4n) is 1.95. The molecule has 1 rings (SSSR count). The third kappa shape index (κ3) is 3.66. The lowest BCUT2D eigenvalue weighted by Gasteiger charge is -2.26. The number of carbonyl (C=O) groups excluding carboxylic acids is 1. The fourth-order valence-corrected chi connectivity index (χ4v) is 1.95. The van der Waals surface area contributed by atoms with Crippen LogP contribution in [0.4, 0.5) is 0 Å². The van der Waals surface area contributed by atoms with E-state index in [2.05, 4.69) is 19.2 Å². The number of rotatable bonds is 4. The Kier molecular flexibility index (Phi) is 4.39. The average molecular weight is 198 g/mol. The van der Waals surface area contributed by atoms with Crippen molar-refractivity contribution in [1.82, 2.24) is 10.2 Å². The lowest BCUT2D eigenvalue weighted by atomic mass is 10.1. The molecule has 0 spiro atoms. The van der Waals surface area contributed by atoms with Gasteiger partial charge in [-0.05, 0) is 25.3 Å². The Morgan fingerprint density at radius 3 is 2.71 bits per heavy atom. The summed E-state index contributed by atoms with van der Waals surface area (Å²) in [7, 11) is 0.